The van der Waals surface area contributed by atoms with Crippen molar-refractivity contribution in [1.82, 2.24) is 15.0 Å². The number of nitrogens with zero attached hydrogens (tertiary/aromatic N) is 4. The van der Waals surface area contributed by atoms with Gasteiger partial charge in [-0.15, -0.1) is 0 Å². The van der Waals surface area contributed by atoms with Crippen LogP contribution in [0.15, 0.2) is 0 Å². The highest BCUT2D eigenvalue weighted by atomic mass is 16.5. The second kappa shape index (κ2) is 5.37. The molecule has 2 aliphatic rings. The average Bonchev–Trinajstić information content (AvgIpc) is 3.19. The highest BCUT2D eigenvalue weighted by Crippen LogP contribution is 2.39. The molecule has 1 aromatic heterocycles. The first-order valence-electron chi connectivity index (χ1n) is 6.95. The van der Waals surface area contributed by atoms with Crippen molar-refractivity contribution < 1.29 is 4.74 Å². The van der Waals surface area contributed by atoms with Crippen molar-refractivity contribution in [3.8, 4) is 0 Å². The van der Waals surface area contributed by atoms with Gasteiger partial charge in [-0.05, 0) is 25.2 Å². The van der Waals surface area contributed by atoms with E-state index in [-0.39, 0.29) is 12.1 Å². The van der Waals surface area contributed by atoms with Gasteiger partial charge in [0.15, 0.2) is 0 Å². The zero-order valence-corrected chi connectivity index (χ0v) is 11.8. The molecule has 2 heterocycles. The second-order valence-corrected chi connectivity index (χ2v) is 5.53. The standard InChI is InChI=1S/C12H21N7O/c1-19(2)12-16-10(15-11(17-12)18-13)14-8-5-6-20-9(8)7-3-4-7/h7-9H,3-6,13H2,1-2H3,(H2,14,15,16,17,18). The van der Waals surface area contributed by atoms with E-state index in [9.17, 15) is 0 Å². The van der Waals surface area contributed by atoms with E-state index in [2.05, 4.69) is 25.7 Å². The molecule has 8 heteroatoms. The molecule has 20 heavy (non-hydrogen) atoms. The Morgan fingerprint density at radius 2 is 1.90 bits per heavy atom. The van der Waals surface area contributed by atoms with Crippen LogP contribution < -0.4 is 21.5 Å². The molecule has 110 valence electrons. The van der Waals surface area contributed by atoms with Gasteiger partial charge in [0.25, 0.3) is 0 Å². The maximum atomic E-state index is 5.81. The molecule has 1 saturated heterocycles. The number of hydrazine groups is 1. The van der Waals surface area contributed by atoms with Crippen molar-refractivity contribution >= 4 is 17.8 Å². The zero-order valence-electron chi connectivity index (χ0n) is 11.8. The third kappa shape index (κ3) is 2.75. The third-order valence-corrected chi connectivity index (χ3v) is 3.69. The Kier molecular flexibility index (Phi) is 3.58. The minimum atomic E-state index is 0.269. The lowest BCUT2D eigenvalue weighted by Crippen LogP contribution is -2.32. The maximum absolute atomic E-state index is 5.81. The number of nitrogens with one attached hydrogen (secondary N) is 2. The molecule has 3 rings (SSSR count). The van der Waals surface area contributed by atoms with Gasteiger partial charge >= 0.3 is 0 Å². The van der Waals surface area contributed by atoms with Gasteiger partial charge in [0.2, 0.25) is 17.8 Å². The van der Waals surface area contributed by atoms with E-state index in [1.165, 1.54) is 12.8 Å². The molecule has 8 nitrogen and oxygen atoms in total. The molecular weight excluding hydrogens is 258 g/mol. The van der Waals surface area contributed by atoms with E-state index in [1.54, 1.807) is 0 Å². The molecule has 2 atom stereocenters. The zero-order chi connectivity index (χ0) is 14.1. The Morgan fingerprint density at radius 3 is 2.55 bits per heavy atom. The van der Waals surface area contributed by atoms with Gasteiger partial charge in [0, 0.05) is 20.7 Å². The molecule has 2 unspecified atom stereocenters. The van der Waals surface area contributed by atoms with Crippen LogP contribution in [-0.2, 0) is 4.74 Å². The number of aromatic nitrogens is 3. The Bertz CT molecular complexity index is 477. The number of hydrogen-bond donors (Lipinski definition) is 3. The van der Waals surface area contributed by atoms with E-state index in [4.69, 9.17) is 10.6 Å². The lowest BCUT2D eigenvalue weighted by atomic mass is 10.1. The summed E-state index contributed by atoms with van der Waals surface area (Å²) in [5.74, 6) is 7.56. The van der Waals surface area contributed by atoms with E-state index in [0.717, 1.165) is 13.0 Å². The first-order chi connectivity index (χ1) is 9.67. The quantitative estimate of drug-likeness (QED) is 0.519. The average molecular weight is 279 g/mol. The molecule has 0 aromatic carbocycles. The van der Waals surface area contributed by atoms with Gasteiger partial charge in [0.1, 0.15) is 0 Å². The molecule has 2 fully saturated rings. The van der Waals surface area contributed by atoms with Crippen LogP contribution in [-0.4, -0.2) is 47.8 Å². The fourth-order valence-corrected chi connectivity index (χ4v) is 2.51. The number of rotatable bonds is 5. The van der Waals surface area contributed by atoms with Gasteiger partial charge in [-0.3, -0.25) is 5.43 Å². The second-order valence-electron chi connectivity index (χ2n) is 5.53. The Labute approximate surface area is 118 Å². The SMILES string of the molecule is CN(C)c1nc(NN)nc(NC2CCOC2C2CC2)n1. The monoisotopic (exact) mass is 279 g/mol. The van der Waals surface area contributed by atoms with Crippen LogP contribution in [0, 0.1) is 5.92 Å². The first kappa shape index (κ1) is 13.3. The predicted molar refractivity (Wildman–Crippen MR) is 76.5 cm³/mol. The van der Waals surface area contributed by atoms with Crippen molar-refractivity contribution in [3.63, 3.8) is 0 Å². The molecular formula is C12H21N7O. The minimum Gasteiger partial charge on any atom is -0.376 e. The molecule has 0 spiro atoms. The van der Waals surface area contributed by atoms with E-state index >= 15 is 0 Å². The topological polar surface area (TPSA) is 101 Å². The van der Waals surface area contributed by atoms with Gasteiger partial charge in [-0.25, -0.2) is 5.84 Å². The van der Waals surface area contributed by atoms with Crippen molar-refractivity contribution in [2.75, 3.05) is 36.3 Å². The van der Waals surface area contributed by atoms with E-state index in [0.29, 0.717) is 23.8 Å². The highest BCUT2D eigenvalue weighted by molar-refractivity contribution is 5.43. The van der Waals surface area contributed by atoms with Gasteiger partial charge in [-0.1, -0.05) is 0 Å². The van der Waals surface area contributed by atoms with Crippen LogP contribution in [0.25, 0.3) is 0 Å². The van der Waals surface area contributed by atoms with Crippen molar-refractivity contribution in [1.29, 1.82) is 0 Å². The Morgan fingerprint density at radius 1 is 1.15 bits per heavy atom. The van der Waals surface area contributed by atoms with E-state index in [1.807, 2.05) is 19.0 Å². The van der Waals surface area contributed by atoms with Gasteiger partial charge in [0.05, 0.1) is 12.1 Å². The van der Waals surface area contributed by atoms with Crippen molar-refractivity contribution in [3.05, 3.63) is 0 Å². The maximum Gasteiger partial charge on any atom is 0.243 e. The van der Waals surface area contributed by atoms with E-state index < -0.39 is 0 Å². The summed E-state index contributed by atoms with van der Waals surface area (Å²) in [6.45, 7) is 0.798. The fraction of sp³-hybridized carbons (Fsp3) is 0.750. The summed E-state index contributed by atoms with van der Waals surface area (Å²) >= 11 is 0. The number of ether oxygens (including phenoxy) is 1. The van der Waals surface area contributed by atoms with Crippen LogP contribution in [0.2, 0.25) is 0 Å². The molecule has 0 bridgehead atoms. The largest absolute Gasteiger partial charge is 0.376 e. The van der Waals surface area contributed by atoms with Crippen LogP contribution in [0.3, 0.4) is 0 Å². The summed E-state index contributed by atoms with van der Waals surface area (Å²) < 4.78 is 5.81. The van der Waals surface area contributed by atoms with Crippen LogP contribution in [0.1, 0.15) is 19.3 Å². The van der Waals surface area contributed by atoms with Crippen LogP contribution in [0.4, 0.5) is 17.8 Å². The number of hydrogen-bond acceptors (Lipinski definition) is 8. The Balaban J connectivity index is 1.77. The lowest BCUT2D eigenvalue weighted by molar-refractivity contribution is 0.0897. The van der Waals surface area contributed by atoms with Crippen LogP contribution >= 0.6 is 0 Å². The first-order valence-corrected chi connectivity index (χ1v) is 6.95. The number of nitrogen functional groups attached to an aromatic ring is 1. The lowest BCUT2D eigenvalue weighted by Gasteiger charge is -2.20. The molecule has 0 amide bonds. The number of anilines is 3. The van der Waals surface area contributed by atoms with Crippen molar-refractivity contribution in [2.45, 2.75) is 31.4 Å². The summed E-state index contributed by atoms with van der Waals surface area (Å²) in [6.07, 6.45) is 3.79. The minimum absolute atomic E-state index is 0.269. The van der Waals surface area contributed by atoms with Crippen molar-refractivity contribution in [2.24, 2.45) is 11.8 Å². The fourth-order valence-electron chi connectivity index (χ4n) is 2.51. The normalized spacial score (nSPS) is 25.6. The summed E-state index contributed by atoms with van der Waals surface area (Å²) in [6, 6.07) is 0.269. The smallest absolute Gasteiger partial charge is 0.243 e. The summed E-state index contributed by atoms with van der Waals surface area (Å²) in [5.41, 5.74) is 2.47. The van der Waals surface area contributed by atoms with Gasteiger partial charge in [-0.2, -0.15) is 15.0 Å². The molecule has 1 saturated carbocycles. The third-order valence-electron chi connectivity index (χ3n) is 3.69. The summed E-state index contributed by atoms with van der Waals surface area (Å²) in [5, 5.41) is 3.37. The van der Waals surface area contributed by atoms with Crippen LogP contribution in [0.5, 0.6) is 0 Å². The number of nitrogens with two attached hydrogens (primary N) is 1. The predicted octanol–water partition coefficient (Wildman–Crippen LogP) is 0.203. The summed E-state index contributed by atoms with van der Waals surface area (Å²) in [4.78, 5) is 14.7. The Hall–Kier alpha value is -1.67. The molecule has 1 aliphatic heterocycles. The molecule has 4 N–H and O–H groups in total. The van der Waals surface area contributed by atoms with Gasteiger partial charge < -0.3 is 15.0 Å². The highest BCUT2D eigenvalue weighted by Gasteiger charge is 2.40. The molecule has 0 radical (unpaired) electrons. The molecule has 1 aliphatic carbocycles. The molecule has 1 aromatic rings. The summed E-state index contributed by atoms with van der Waals surface area (Å²) in [7, 11) is 3.76.